The van der Waals surface area contributed by atoms with E-state index >= 15 is 0 Å². The first-order chi connectivity index (χ1) is 11.6. The molecule has 2 aliphatic rings. The third-order valence-corrected chi connectivity index (χ3v) is 5.14. The van der Waals surface area contributed by atoms with Gasteiger partial charge in [0.25, 0.3) is 5.91 Å². The first-order valence-corrected chi connectivity index (χ1v) is 9.41. The zero-order valence-corrected chi connectivity index (χ0v) is 16.2. The van der Waals surface area contributed by atoms with E-state index in [0.29, 0.717) is 11.7 Å². The molecular formula is C18H32ClN5O. The summed E-state index contributed by atoms with van der Waals surface area (Å²) in [6.07, 6.45) is 6.81. The molecule has 1 aromatic heterocycles. The molecule has 2 aliphatic heterocycles. The number of halogens is 1. The van der Waals surface area contributed by atoms with E-state index in [1.54, 1.807) is 0 Å². The van der Waals surface area contributed by atoms with Gasteiger partial charge in [-0.05, 0) is 57.7 Å². The minimum Gasteiger partial charge on any atom is -0.347 e. The molecule has 6 nitrogen and oxygen atoms in total. The number of carbonyl (C=O) groups excluding carboxylic acids is 1. The fourth-order valence-corrected chi connectivity index (χ4v) is 3.90. The number of piperidine rings is 2. The molecule has 2 N–H and O–H groups in total. The second-order valence-electron chi connectivity index (χ2n) is 7.56. The molecular weight excluding hydrogens is 338 g/mol. The van der Waals surface area contributed by atoms with Crippen molar-refractivity contribution in [3.8, 4) is 0 Å². The van der Waals surface area contributed by atoms with Gasteiger partial charge in [0, 0.05) is 31.9 Å². The molecule has 142 valence electrons. The molecule has 3 rings (SSSR count). The van der Waals surface area contributed by atoms with Crippen molar-refractivity contribution < 1.29 is 4.79 Å². The van der Waals surface area contributed by atoms with E-state index in [4.69, 9.17) is 0 Å². The summed E-state index contributed by atoms with van der Waals surface area (Å²) in [6.45, 7) is 9.62. The molecule has 7 heteroatoms. The van der Waals surface area contributed by atoms with Gasteiger partial charge in [0.2, 0.25) is 0 Å². The molecule has 3 unspecified atom stereocenters. The van der Waals surface area contributed by atoms with Gasteiger partial charge in [0.1, 0.15) is 5.69 Å². The van der Waals surface area contributed by atoms with Crippen molar-refractivity contribution in [3.05, 3.63) is 18.0 Å². The summed E-state index contributed by atoms with van der Waals surface area (Å²) in [6, 6.07) is 2.34. The number of rotatable bonds is 5. The van der Waals surface area contributed by atoms with Gasteiger partial charge in [-0.3, -0.25) is 9.48 Å². The molecule has 0 spiro atoms. The normalized spacial score (nSPS) is 25.8. The minimum atomic E-state index is -0.0601. The molecule has 1 aromatic rings. The predicted octanol–water partition coefficient (Wildman–Crippen LogP) is 2.08. The zero-order valence-electron chi connectivity index (χ0n) is 15.4. The predicted molar refractivity (Wildman–Crippen MR) is 102 cm³/mol. The molecule has 0 aromatic carbocycles. The highest BCUT2D eigenvalue weighted by molar-refractivity contribution is 5.92. The summed E-state index contributed by atoms with van der Waals surface area (Å²) in [7, 11) is 0. The Bertz CT molecular complexity index is 543. The molecule has 3 heterocycles. The van der Waals surface area contributed by atoms with Crippen LogP contribution in [0.25, 0.3) is 0 Å². The molecule has 25 heavy (non-hydrogen) atoms. The van der Waals surface area contributed by atoms with Crippen LogP contribution in [0.15, 0.2) is 12.3 Å². The van der Waals surface area contributed by atoms with Crippen LogP contribution in [0.2, 0.25) is 0 Å². The molecule has 1 amide bonds. The monoisotopic (exact) mass is 369 g/mol. The second kappa shape index (κ2) is 9.55. The molecule has 2 fully saturated rings. The number of hydrogen-bond acceptors (Lipinski definition) is 4. The fourth-order valence-electron chi connectivity index (χ4n) is 3.90. The van der Waals surface area contributed by atoms with E-state index in [-0.39, 0.29) is 24.4 Å². The van der Waals surface area contributed by atoms with E-state index in [2.05, 4.69) is 34.5 Å². The SMILES string of the molecule is CC1CCCN(CC(C)NC(=O)c2ccn(C3CCCNC3)n2)C1.Cl. The highest BCUT2D eigenvalue weighted by Gasteiger charge is 2.21. The third-order valence-electron chi connectivity index (χ3n) is 5.14. The molecule has 3 atom stereocenters. The van der Waals surface area contributed by atoms with E-state index in [1.165, 1.54) is 12.8 Å². The highest BCUT2D eigenvalue weighted by Crippen LogP contribution is 2.17. The lowest BCUT2D eigenvalue weighted by Crippen LogP contribution is -2.45. The lowest BCUT2D eigenvalue weighted by molar-refractivity contribution is 0.0913. The van der Waals surface area contributed by atoms with Crippen LogP contribution in [0.3, 0.4) is 0 Å². The molecule has 2 saturated heterocycles. The van der Waals surface area contributed by atoms with Gasteiger partial charge < -0.3 is 15.5 Å². The molecule has 0 aliphatic carbocycles. The van der Waals surface area contributed by atoms with Crippen molar-refractivity contribution in [2.45, 2.75) is 51.6 Å². The Labute approximate surface area is 157 Å². The largest absolute Gasteiger partial charge is 0.347 e. The number of aromatic nitrogens is 2. The number of amides is 1. The van der Waals surface area contributed by atoms with Crippen LogP contribution in [0.5, 0.6) is 0 Å². The van der Waals surface area contributed by atoms with E-state index in [9.17, 15) is 4.79 Å². The first kappa shape index (κ1) is 20.2. The average molecular weight is 370 g/mol. The van der Waals surface area contributed by atoms with Crippen molar-refractivity contribution in [1.82, 2.24) is 25.3 Å². The first-order valence-electron chi connectivity index (χ1n) is 9.41. The lowest BCUT2D eigenvalue weighted by atomic mass is 10.00. The maximum atomic E-state index is 12.4. The van der Waals surface area contributed by atoms with Crippen molar-refractivity contribution in [1.29, 1.82) is 0 Å². The van der Waals surface area contributed by atoms with Crippen LogP contribution in [0.4, 0.5) is 0 Å². The topological polar surface area (TPSA) is 62.2 Å². The summed E-state index contributed by atoms with van der Waals surface area (Å²) in [5.41, 5.74) is 0.527. The van der Waals surface area contributed by atoms with Crippen molar-refractivity contribution in [2.24, 2.45) is 5.92 Å². The van der Waals surface area contributed by atoms with Gasteiger partial charge in [-0.25, -0.2) is 0 Å². The number of nitrogens with zero attached hydrogens (tertiary/aromatic N) is 3. The second-order valence-corrected chi connectivity index (χ2v) is 7.56. The van der Waals surface area contributed by atoms with Gasteiger partial charge in [0.15, 0.2) is 0 Å². The standard InChI is InChI=1S/C18H31N5O.ClH/c1-14-5-4-9-22(12-14)13-15(2)20-18(24)17-7-10-23(21-17)16-6-3-8-19-11-16;/h7,10,14-16,19H,3-6,8-9,11-13H2,1-2H3,(H,20,24);1H. The Morgan fingerprint density at radius 3 is 3.00 bits per heavy atom. The van der Waals surface area contributed by atoms with E-state index in [1.807, 2.05) is 16.9 Å². The van der Waals surface area contributed by atoms with Crippen LogP contribution in [0.1, 0.15) is 56.1 Å². The fraction of sp³-hybridized carbons (Fsp3) is 0.778. The minimum absolute atomic E-state index is 0. The van der Waals surface area contributed by atoms with Gasteiger partial charge in [-0.15, -0.1) is 12.4 Å². The van der Waals surface area contributed by atoms with Crippen LogP contribution in [-0.4, -0.2) is 59.4 Å². The van der Waals surface area contributed by atoms with Gasteiger partial charge in [-0.1, -0.05) is 6.92 Å². The zero-order chi connectivity index (χ0) is 16.9. The van der Waals surface area contributed by atoms with Crippen molar-refractivity contribution in [2.75, 3.05) is 32.7 Å². The Hall–Kier alpha value is -1.11. The summed E-state index contributed by atoms with van der Waals surface area (Å²) in [4.78, 5) is 14.9. The summed E-state index contributed by atoms with van der Waals surface area (Å²) in [5, 5.41) is 11.0. The summed E-state index contributed by atoms with van der Waals surface area (Å²) in [5.74, 6) is 0.705. The van der Waals surface area contributed by atoms with Crippen molar-refractivity contribution in [3.63, 3.8) is 0 Å². The van der Waals surface area contributed by atoms with Gasteiger partial charge >= 0.3 is 0 Å². The number of hydrogen-bond donors (Lipinski definition) is 2. The number of carbonyl (C=O) groups is 1. The summed E-state index contributed by atoms with van der Waals surface area (Å²) >= 11 is 0. The lowest BCUT2D eigenvalue weighted by Gasteiger charge is -2.32. The van der Waals surface area contributed by atoms with E-state index in [0.717, 1.165) is 51.5 Å². The molecule has 0 radical (unpaired) electrons. The van der Waals surface area contributed by atoms with Crippen LogP contribution in [-0.2, 0) is 0 Å². The maximum Gasteiger partial charge on any atom is 0.272 e. The Morgan fingerprint density at radius 1 is 1.44 bits per heavy atom. The molecule has 0 bridgehead atoms. The van der Waals surface area contributed by atoms with Gasteiger partial charge in [-0.2, -0.15) is 5.10 Å². The van der Waals surface area contributed by atoms with Gasteiger partial charge in [0.05, 0.1) is 6.04 Å². The van der Waals surface area contributed by atoms with Crippen LogP contribution >= 0.6 is 12.4 Å². The summed E-state index contributed by atoms with van der Waals surface area (Å²) < 4.78 is 1.94. The average Bonchev–Trinajstić information content (AvgIpc) is 3.05. The number of nitrogens with one attached hydrogen (secondary N) is 2. The Morgan fingerprint density at radius 2 is 2.28 bits per heavy atom. The Balaban J connectivity index is 0.00000225. The quantitative estimate of drug-likeness (QED) is 0.834. The molecule has 0 saturated carbocycles. The third kappa shape index (κ3) is 5.69. The van der Waals surface area contributed by atoms with Crippen LogP contribution in [0, 0.1) is 5.92 Å². The van der Waals surface area contributed by atoms with Crippen LogP contribution < -0.4 is 10.6 Å². The highest BCUT2D eigenvalue weighted by atomic mass is 35.5. The Kier molecular flexibility index (Phi) is 7.72. The smallest absolute Gasteiger partial charge is 0.272 e. The maximum absolute atomic E-state index is 12.4. The van der Waals surface area contributed by atoms with Crippen molar-refractivity contribution >= 4 is 18.3 Å². The number of likely N-dealkylation sites (tertiary alicyclic amines) is 1. The van der Waals surface area contributed by atoms with E-state index < -0.39 is 0 Å².